The van der Waals surface area contributed by atoms with E-state index >= 15 is 0 Å². The van der Waals surface area contributed by atoms with Crippen LogP contribution in [0.2, 0.25) is 0 Å². The number of nitrogens with one attached hydrogen (secondary N) is 3. The summed E-state index contributed by atoms with van der Waals surface area (Å²) in [6.07, 6.45) is 4.39. The van der Waals surface area contributed by atoms with E-state index in [0.29, 0.717) is 23.8 Å². The quantitative estimate of drug-likeness (QED) is 0.338. The van der Waals surface area contributed by atoms with Gasteiger partial charge >= 0.3 is 0 Å². The molecule has 0 aromatic heterocycles. The molecule has 0 saturated carbocycles. The van der Waals surface area contributed by atoms with E-state index in [9.17, 15) is 0 Å². The van der Waals surface area contributed by atoms with E-state index in [1.807, 2.05) is 19.2 Å². The lowest BCUT2D eigenvalue weighted by Gasteiger charge is -2.48. The fraction of sp³-hybridized carbons (Fsp3) is 0.481. The number of likely N-dealkylation sites (tertiary alicyclic amines) is 1. The van der Waals surface area contributed by atoms with Crippen molar-refractivity contribution < 1.29 is 9.47 Å². The van der Waals surface area contributed by atoms with Crippen LogP contribution in [-0.2, 0) is 5.41 Å². The first-order chi connectivity index (χ1) is 16.9. The van der Waals surface area contributed by atoms with Gasteiger partial charge in [0.1, 0.15) is 5.84 Å². The molecule has 0 amide bonds. The van der Waals surface area contributed by atoms with E-state index in [1.54, 1.807) is 14.2 Å². The van der Waals surface area contributed by atoms with Crippen LogP contribution in [0.1, 0.15) is 50.2 Å². The van der Waals surface area contributed by atoms with Gasteiger partial charge in [-0.15, -0.1) is 0 Å². The molecule has 1 fully saturated rings. The lowest BCUT2D eigenvalue weighted by molar-refractivity contribution is 0.170. The zero-order valence-electron chi connectivity index (χ0n) is 21.3. The van der Waals surface area contributed by atoms with Crippen molar-refractivity contribution in [3.63, 3.8) is 0 Å². The minimum absolute atomic E-state index is 0.127. The molecule has 0 bridgehead atoms. The molecule has 2 aliphatic heterocycles. The summed E-state index contributed by atoms with van der Waals surface area (Å²) in [5.74, 6) is 1.67. The fourth-order valence-electron chi connectivity index (χ4n) is 5.45. The Morgan fingerprint density at radius 3 is 2.40 bits per heavy atom. The van der Waals surface area contributed by atoms with Crippen molar-refractivity contribution in [3.8, 4) is 11.5 Å². The fourth-order valence-corrected chi connectivity index (χ4v) is 5.45. The summed E-state index contributed by atoms with van der Waals surface area (Å²) in [5, 5.41) is 15.6. The Morgan fingerprint density at radius 1 is 1.14 bits per heavy atom. The van der Waals surface area contributed by atoms with E-state index in [1.165, 1.54) is 5.56 Å². The number of hydrogen-bond acceptors (Lipinski definition) is 7. The lowest BCUT2D eigenvalue weighted by atomic mass is 9.68. The molecule has 2 aliphatic rings. The molecule has 2 aromatic rings. The van der Waals surface area contributed by atoms with Gasteiger partial charge < -0.3 is 25.4 Å². The number of ether oxygens (including phenoxy) is 2. The van der Waals surface area contributed by atoms with E-state index in [2.05, 4.69) is 52.8 Å². The molecule has 188 valence electrons. The van der Waals surface area contributed by atoms with E-state index in [4.69, 9.17) is 25.6 Å². The predicted molar refractivity (Wildman–Crippen MR) is 142 cm³/mol. The second-order valence-corrected chi connectivity index (χ2v) is 9.49. The zero-order valence-corrected chi connectivity index (χ0v) is 21.3. The maximum Gasteiger partial charge on any atom is 0.187 e. The molecule has 35 heavy (non-hydrogen) atoms. The molecule has 2 aromatic carbocycles. The summed E-state index contributed by atoms with van der Waals surface area (Å²) in [5.41, 5.74) is 9.35. The van der Waals surface area contributed by atoms with E-state index in [0.717, 1.165) is 55.9 Å². The van der Waals surface area contributed by atoms with Crippen LogP contribution in [0.4, 0.5) is 5.69 Å². The Labute approximate surface area is 208 Å². The van der Waals surface area contributed by atoms with Crippen molar-refractivity contribution in [2.45, 2.75) is 50.2 Å². The average Bonchev–Trinajstić information content (AvgIpc) is 2.89. The van der Waals surface area contributed by atoms with Crippen LogP contribution in [0.15, 0.2) is 47.5 Å². The molecule has 0 aliphatic carbocycles. The van der Waals surface area contributed by atoms with Crippen molar-refractivity contribution in [1.82, 2.24) is 10.2 Å². The summed E-state index contributed by atoms with van der Waals surface area (Å²) >= 11 is 0. The van der Waals surface area contributed by atoms with Crippen LogP contribution in [0.3, 0.4) is 0 Å². The maximum atomic E-state index is 8.46. The first-order valence-corrected chi connectivity index (χ1v) is 12.4. The third-order valence-corrected chi connectivity index (χ3v) is 7.44. The molecule has 0 spiro atoms. The highest BCUT2D eigenvalue weighted by Crippen LogP contribution is 2.45. The summed E-state index contributed by atoms with van der Waals surface area (Å²) < 4.78 is 11.0. The van der Waals surface area contributed by atoms with Gasteiger partial charge in [-0.05, 0) is 37.9 Å². The zero-order chi connectivity index (χ0) is 25.1. The van der Waals surface area contributed by atoms with Crippen LogP contribution in [0.25, 0.3) is 0 Å². The Balaban J connectivity index is 1.69. The SMILES string of the molecule is CCCC(=N)N1CCC(CC2(NC)N=C(N)c3cc(OC)c(OC)cc3N2)(c2ccccc2)CC1. The molecule has 0 radical (unpaired) electrons. The van der Waals surface area contributed by atoms with Gasteiger partial charge in [0.15, 0.2) is 17.3 Å². The minimum atomic E-state index is -0.786. The number of rotatable bonds is 8. The van der Waals surface area contributed by atoms with Crippen LogP contribution in [0, 0.1) is 5.41 Å². The molecular formula is C27H38N6O2. The highest BCUT2D eigenvalue weighted by atomic mass is 16.5. The number of piperidine rings is 1. The predicted octanol–water partition coefficient (Wildman–Crippen LogP) is 3.91. The summed E-state index contributed by atoms with van der Waals surface area (Å²) in [7, 11) is 5.16. The van der Waals surface area contributed by atoms with Crippen LogP contribution in [-0.4, -0.2) is 56.7 Å². The van der Waals surface area contributed by atoms with Gasteiger partial charge in [-0.25, -0.2) is 4.99 Å². The molecule has 1 atom stereocenters. The van der Waals surface area contributed by atoms with E-state index < -0.39 is 5.79 Å². The van der Waals surface area contributed by atoms with Crippen molar-refractivity contribution in [2.75, 3.05) is 39.7 Å². The van der Waals surface area contributed by atoms with Crippen LogP contribution >= 0.6 is 0 Å². The molecule has 2 heterocycles. The number of nitrogens with two attached hydrogens (primary N) is 1. The summed E-state index contributed by atoms with van der Waals surface area (Å²) in [6, 6.07) is 14.5. The Morgan fingerprint density at radius 2 is 1.80 bits per heavy atom. The van der Waals surface area contributed by atoms with Gasteiger partial charge in [0.25, 0.3) is 0 Å². The van der Waals surface area contributed by atoms with Crippen LogP contribution in [0.5, 0.6) is 11.5 Å². The molecule has 1 unspecified atom stereocenters. The summed E-state index contributed by atoms with van der Waals surface area (Å²) in [4.78, 5) is 7.20. The molecule has 4 rings (SSSR count). The Bertz CT molecular complexity index is 1080. The number of nitrogens with zero attached hydrogens (tertiary/aromatic N) is 2. The van der Waals surface area contributed by atoms with Crippen molar-refractivity contribution in [1.29, 1.82) is 5.41 Å². The first kappa shape index (κ1) is 24.9. The van der Waals surface area contributed by atoms with Crippen molar-refractivity contribution in [2.24, 2.45) is 10.7 Å². The summed E-state index contributed by atoms with van der Waals surface area (Å²) in [6.45, 7) is 3.84. The first-order valence-electron chi connectivity index (χ1n) is 12.4. The topological polar surface area (TPSA) is 108 Å². The van der Waals surface area contributed by atoms with Gasteiger partial charge in [-0.3, -0.25) is 10.7 Å². The average molecular weight is 479 g/mol. The Hall–Kier alpha value is -3.26. The van der Waals surface area contributed by atoms with Gasteiger partial charge in [0.05, 0.1) is 25.7 Å². The third-order valence-electron chi connectivity index (χ3n) is 7.44. The van der Waals surface area contributed by atoms with E-state index in [-0.39, 0.29) is 5.41 Å². The second kappa shape index (κ2) is 10.2. The third kappa shape index (κ3) is 4.80. The lowest BCUT2D eigenvalue weighted by Crippen LogP contribution is -2.58. The van der Waals surface area contributed by atoms with Gasteiger partial charge in [0.2, 0.25) is 0 Å². The number of amidine groups is 2. The van der Waals surface area contributed by atoms with Crippen molar-refractivity contribution >= 4 is 17.4 Å². The van der Waals surface area contributed by atoms with Gasteiger partial charge in [-0.1, -0.05) is 37.3 Å². The smallest absolute Gasteiger partial charge is 0.187 e. The monoisotopic (exact) mass is 478 g/mol. The van der Waals surface area contributed by atoms with Crippen molar-refractivity contribution in [3.05, 3.63) is 53.6 Å². The number of benzene rings is 2. The van der Waals surface area contributed by atoms with Gasteiger partial charge in [0, 0.05) is 43.0 Å². The molecule has 8 heteroatoms. The second-order valence-electron chi connectivity index (χ2n) is 9.49. The molecule has 5 N–H and O–H groups in total. The largest absolute Gasteiger partial charge is 0.493 e. The Kier molecular flexibility index (Phi) is 7.21. The minimum Gasteiger partial charge on any atom is -0.493 e. The number of aliphatic imine (C=N–C) groups is 1. The van der Waals surface area contributed by atoms with Crippen LogP contribution < -0.4 is 25.8 Å². The molecular weight excluding hydrogens is 440 g/mol. The number of fused-ring (bicyclic) bond motifs is 1. The normalized spacial score (nSPS) is 20.9. The maximum absolute atomic E-state index is 8.46. The number of anilines is 1. The molecule has 1 saturated heterocycles. The highest BCUT2D eigenvalue weighted by Gasteiger charge is 2.45. The highest BCUT2D eigenvalue weighted by molar-refractivity contribution is 6.05. The molecule has 8 nitrogen and oxygen atoms in total. The number of hydrogen-bond donors (Lipinski definition) is 4. The van der Waals surface area contributed by atoms with Gasteiger partial charge in [-0.2, -0.15) is 0 Å². The standard InChI is InChI=1S/C27H38N6O2/c1-5-9-24(28)33-14-12-26(13-15-33,19-10-7-6-8-11-19)18-27(30-2)31-21-17-23(35-4)22(34-3)16-20(21)25(29)32-27/h6-8,10-11,16-17,28,30-31H,5,9,12-15,18H2,1-4H3,(H2,29,32). The number of methoxy groups -OCH3 is 2.